The molecule has 1 heterocycles. The standard InChI is InChI=1S/C16H23FN2O2.ClH/c1-18-11-13-8-9-19(12-13)16(20)7-4-10-21-15-6-3-2-5-14(15)17;/h2-3,5-6,13,18H,4,7-12H2,1H3;1H. The van der Waals surface area contributed by atoms with Gasteiger partial charge in [0, 0.05) is 19.5 Å². The summed E-state index contributed by atoms with van der Waals surface area (Å²) in [6, 6.07) is 6.32. The highest BCUT2D eigenvalue weighted by Gasteiger charge is 2.25. The van der Waals surface area contributed by atoms with Crippen molar-refractivity contribution in [3.05, 3.63) is 30.1 Å². The minimum absolute atomic E-state index is 0. The molecule has 0 aromatic heterocycles. The summed E-state index contributed by atoms with van der Waals surface area (Å²) in [4.78, 5) is 14.0. The van der Waals surface area contributed by atoms with E-state index in [0.717, 1.165) is 26.1 Å². The largest absolute Gasteiger partial charge is 0.491 e. The highest BCUT2D eigenvalue weighted by Crippen LogP contribution is 2.18. The third-order valence-corrected chi connectivity index (χ3v) is 3.76. The maximum atomic E-state index is 13.3. The number of ether oxygens (including phenoxy) is 1. The van der Waals surface area contributed by atoms with Crippen LogP contribution in [0.4, 0.5) is 4.39 Å². The fraction of sp³-hybridized carbons (Fsp3) is 0.562. The summed E-state index contributed by atoms with van der Waals surface area (Å²) in [5.41, 5.74) is 0. The second kappa shape index (κ2) is 9.64. The monoisotopic (exact) mass is 330 g/mol. The van der Waals surface area contributed by atoms with E-state index >= 15 is 0 Å². The number of carbonyl (C=O) groups excluding carboxylic acids is 1. The fourth-order valence-corrected chi connectivity index (χ4v) is 2.64. The Balaban J connectivity index is 0.00000242. The number of halogens is 2. The topological polar surface area (TPSA) is 41.6 Å². The van der Waals surface area contributed by atoms with E-state index in [9.17, 15) is 9.18 Å². The third-order valence-electron chi connectivity index (χ3n) is 3.76. The van der Waals surface area contributed by atoms with Gasteiger partial charge in [-0.05, 0) is 44.5 Å². The predicted octanol–water partition coefficient (Wildman–Crippen LogP) is 2.47. The van der Waals surface area contributed by atoms with Crippen molar-refractivity contribution < 1.29 is 13.9 Å². The summed E-state index contributed by atoms with van der Waals surface area (Å²) in [5, 5.41) is 3.15. The van der Waals surface area contributed by atoms with Crippen molar-refractivity contribution in [1.29, 1.82) is 0 Å². The summed E-state index contributed by atoms with van der Waals surface area (Å²) in [5.74, 6) is 0.623. The number of rotatable bonds is 7. The second-order valence-electron chi connectivity index (χ2n) is 5.43. The Hall–Kier alpha value is -1.33. The number of benzene rings is 1. The number of hydrogen-bond acceptors (Lipinski definition) is 3. The van der Waals surface area contributed by atoms with Gasteiger partial charge in [-0.3, -0.25) is 4.79 Å². The molecule has 124 valence electrons. The predicted molar refractivity (Wildman–Crippen MR) is 87.0 cm³/mol. The molecule has 0 radical (unpaired) electrons. The molecule has 2 rings (SSSR count). The van der Waals surface area contributed by atoms with Gasteiger partial charge in [-0.2, -0.15) is 0 Å². The molecule has 1 fully saturated rings. The lowest BCUT2D eigenvalue weighted by Crippen LogP contribution is -2.30. The van der Waals surface area contributed by atoms with Crippen LogP contribution in [-0.2, 0) is 4.79 Å². The Kier molecular flexibility index (Phi) is 8.20. The van der Waals surface area contributed by atoms with Gasteiger partial charge in [0.2, 0.25) is 5.91 Å². The lowest BCUT2D eigenvalue weighted by molar-refractivity contribution is -0.130. The van der Waals surface area contributed by atoms with Crippen LogP contribution in [0.5, 0.6) is 5.75 Å². The smallest absolute Gasteiger partial charge is 0.222 e. The summed E-state index contributed by atoms with van der Waals surface area (Å²) in [6.45, 7) is 3.01. The molecule has 1 unspecified atom stereocenters. The van der Waals surface area contributed by atoms with Crippen molar-refractivity contribution in [3.63, 3.8) is 0 Å². The van der Waals surface area contributed by atoms with Crippen LogP contribution in [0.3, 0.4) is 0 Å². The number of nitrogens with one attached hydrogen (secondary N) is 1. The minimum atomic E-state index is -0.363. The maximum Gasteiger partial charge on any atom is 0.222 e. The number of amides is 1. The van der Waals surface area contributed by atoms with Gasteiger partial charge in [0.25, 0.3) is 0 Å². The van der Waals surface area contributed by atoms with Crippen molar-refractivity contribution >= 4 is 18.3 Å². The Morgan fingerprint density at radius 2 is 2.23 bits per heavy atom. The van der Waals surface area contributed by atoms with Crippen LogP contribution in [0.2, 0.25) is 0 Å². The molecule has 0 spiro atoms. The number of hydrogen-bond donors (Lipinski definition) is 1. The van der Waals surface area contributed by atoms with E-state index in [4.69, 9.17) is 4.74 Å². The highest BCUT2D eigenvalue weighted by atomic mass is 35.5. The number of carbonyl (C=O) groups is 1. The summed E-state index contributed by atoms with van der Waals surface area (Å²) in [7, 11) is 1.94. The second-order valence-corrected chi connectivity index (χ2v) is 5.43. The zero-order valence-electron chi connectivity index (χ0n) is 12.9. The molecule has 1 amide bonds. The molecule has 4 nitrogen and oxygen atoms in total. The average Bonchev–Trinajstić information content (AvgIpc) is 2.94. The quantitative estimate of drug-likeness (QED) is 0.781. The molecule has 0 aliphatic carbocycles. The summed E-state index contributed by atoms with van der Waals surface area (Å²) in [6.07, 6.45) is 2.14. The van der Waals surface area contributed by atoms with Gasteiger partial charge < -0.3 is 15.0 Å². The van der Waals surface area contributed by atoms with Crippen LogP contribution < -0.4 is 10.1 Å². The van der Waals surface area contributed by atoms with E-state index in [0.29, 0.717) is 25.4 Å². The van der Waals surface area contributed by atoms with E-state index in [1.165, 1.54) is 6.07 Å². The average molecular weight is 331 g/mol. The zero-order chi connectivity index (χ0) is 15.1. The molecule has 22 heavy (non-hydrogen) atoms. The summed E-state index contributed by atoms with van der Waals surface area (Å²) < 4.78 is 18.7. The molecule has 1 aliphatic rings. The molecule has 1 saturated heterocycles. The highest BCUT2D eigenvalue weighted by molar-refractivity contribution is 5.85. The van der Waals surface area contributed by atoms with Crippen molar-refractivity contribution in [3.8, 4) is 5.75 Å². The zero-order valence-corrected chi connectivity index (χ0v) is 13.7. The SMILES string of the molecule is CNCC1CCN(C(=O)CCCOc2ccccc2F)C1.Cl. The molecule has 6 heteroatoms. The molecule has 0 saturated carbocycles. The first-order valence-corrected chi connectivity index (χ1v) is 7.50. The van der Waals surface area contributed by atoms with Crippen molar-refractivity contribution in [1.82, 2.24) is 10.2 Å². The summed E-state index contributed by atoms with van der Waals surface area (Å²) >= 11 is 0. The first-order valence-electron chi connectivity index (χ1n) is 7.50. The van der Waals surface area contributed by atoms with Gasteiger partial charge in [-0.1, -0.05) is 12.1 Å². The van der Waals surface area contributed by atoms with E-state index in [1.54, 1.807) is 18.2 Å². The molecule has 1 aliphatic heterocycles. The number of likely N-dealkylation sites (tertiary alicyclic amines) is 1. The van der Waals surface area contributed by atoms with Gasteiger partial charge in [-0.15, -0.1) is 12.4 Å². The van der Waals surface area contributed by atoms with Crippen LogP contribution >= 0.6 is 12.4 Å². The molecule has 1 aromatic rings. The van der Waals surface area contributed by atoms with E-state index in [-0.39, 0.29) is 29.9 Å². The van der Waals surface area contributed by atoms with Gasteiger partial charge in [0.15, 0.2) is 11.6 Å². The van der Waals surface area contributed by atoms with E-state index < -0.39 is 0 Å². The van der Waals surface area contributed by atoms with Gasteiger partial charge >= 0.3 is 0 Å². The lowest BCUT2D eigenvalue weighted by Gasteiger charge is -2.16. The molecule has 1 atom stereocenters. The van der Waals surface area contributed by atoms with Crippen LogP contribution in [0, 0.1) is 11.7 Å². The van der Waals surface area contributed by atoms with Crippen LogP contribution in [0.25, 0.3) is 0 Å². The third kappa shape index (κ3) is 5.46. The minimum Gasteiger partial charge on any atom is -0.491 e. The van der Waals surface area contributed by atoms with E-state index in [2.05, 4.69) is 5.32 Å². The van der Waals surface area contributed by atoms with Crippen LogP contribution in [-0.4, -0.2) is 44.1 Å². The van der Waals surface area contributed by atoms with Crippen LogP contribution in [0.1, 0.15) is 19.3 Å². The Morgan fingerprint density at radius 1 is 1.45 bits per heavy atom. The fourth-order valence-electron chi connectivity index (χ4n) is 2.64. The van der Waals surface area contributed by atoms with Crippen LogP contribution in [0.15, 0.2) is 24.3 Å². The van der Waals surface area contributed by atoms with Gasteiger partial charge in [0.1, 0.15) is 0 Å². The lowest BCUT2D eigenvalue weighted by atomic mass is 10.1. The van der Waals surface area contributed by atoms with Crippen molar-refractivity contribution in [2.45, 2.75) is 19.3 Å². The first kappa shape index (κ1) is 18.7. The molecular formula is C16H24ClFN2O2. The Bertz CT molecular complexity index is 473. The molecule has 0 bridgehead atoms. The number of nitrogens with zero attached hydrogens (tertiary/aromatic N) is 1. The maximum absolute atomic E-state index is 13.3. The number of para-hydroxylation sites is 1. The van der Waals surface area contributed by atoms with E-state index in [1.807, 2.05) is 11.9 Å². The molecular weight excluding hydrogens is 307 g/mol. The molecule has 1 N–H and O–H groups in total. The Labute approximate surface area is 137 Å². The molecule has 1 aromatic carbocycles. The van der Waals surface area contributed by atoms with Crippen molar-refractivity contribution in [2.75, 3.05) is 33.3 Å². The van der Waals surface area contributed by atoms with Gasteiger partial charge in [0.05, 0.1) is 6.61 Å². The van der Waals surface area contributed by atoms with Gasteiger partial charge in [-0.25, -0.2) is 4.39 Å². The first-order chi connectivity index (χ1) is 10.2. The normalized spacial score (nSPS) is 17.2. The van der Waals surface area contributed by atoms with Crippen molar-refractivity contribution in [2.24, 2.45) is 5.92 Å². The Morgan fingerprint density at radius 3 is 2.95 bits per heavy atom.